The fourth-order valence-corrected chi connectivity index (χ4v) is 3.17. The molecule has 1 aliphatic carbocycles. The van der Waals surface area contributed by atoms with Gasteiger partial charge in [0.15, 0.2) is 5.76 Å². The van der Waals surface area contributed by atoms with Crippen LogP contribution in [0.2, 0.25) is 0 Å². The normalized spacial score (nSPS) is 13.0. The standard InChI is InChI=1S/C19H12F3NO3/c20-19(21,22)25-14-5-2-12(3-6-14)18-16-8-4-13-9-11(10-24)1-7-15(13)17(16)23-26-18/h1-3,5-7,9-10H,4,8H2. The molecule has 0 radical (unpaired) electrons. The number of alkyl halides is 3. The third-order valence-electron chi connectivity index (χ3n) is 4.30. The molecule has 0 N–H and O–H groups in total. The Labute approximate surface area is 146 Å². The summed E-state index contributed by atoms with van der Waals surface area (Å²) in [6, 6.07) is 10.9. The van der Waals surface area contributed by atoms with Gasteiger partial charge in [-0.1, -0.05) is 17.3 Å². The Morgan fingerprint density at radius 2 is 1.85 bits per heavy atom. The molecule has 0 saturated carbocycles. The Bertz CT molecular complexity index is 975. The molecule has 7 heteroatoms. The van der Waals surface area contributed by atoms with E-state index in [9.17, 15) is 18.0 Å². The summed E-state index contributed by atoms with van der Waals surface area (Å²) in [4.78, 5) is 10.9. The van der Waals surface area contributed by atoms with Crippen LogP contribution in [0.4, 0.5) is 13.2 Å². The third kappa shape index (κ3) is 2.96. The van der Waals surface area contributed by atoms with Gasteiger partial charge in [-0.15, -0.1) is 13.2 Å². The summed E-state index contributed by atoms with van der Waals surface area (Å²) in [7, 11) is 0. The minimum atomic E-state index is -4.73. The van der Waals surface area contributed by atoms with Crippen LogP contribution in [0.15, 0.2) is 47.0 Å². The molecular weight excluding hydrogens is 347 g/mol. The van der Waals surface area contributed by atoms with E-state index in [-0.39, 0.29) is 5.75 Å². The van der Waals surface area contributed by atoms with Crippen molar-refractivity contribution in [3.05, 3.63) is 59.2 Å². The van der Waals surface area contributed by atoms with Crippen LogP contribution < -0.4 is 4.74 Å². The van der Waals surface area contributed by atoms with E-state index in [1.165, 1.54) is 24.3 Å². The molecule has 0 fully saturated rings. The molecule has 0 atom stereocenters. The second-order valence-electron chi connectivity index (χ2n) is 5.95. The molecule has 0 amide bonds. The molecule has 0 bridgehead atoms. The molecule has 4 nitrogen and oxygen atoms in total. The number of aromatic nitrogens is 1. The number of halogens is 3. The Morgan fingerprint density at radius 3 is 2.54 bits per heavy atom. The lowest BCUT2D eigenvalue weighted by molar-refractivity contribution is -0.274. The molecule has 0 spiro atoms. The summed E-state index contributed by atoms with van der Waals surface area (Å²) >= 11 is 0. The molecule has 2 aromatic carbocycles. The van der Waals surface area contributed by atoms with E-state index < -0.39 is 6.36 Å². The van der Waals surface area contributed by atoms with Gasteiger partial charge in [0.2, 0.25) is 0 Å². The molecule has 3 aromatic rings. The highest BCUT2D eigenvalue weighted by Gasteiger charge is 2.31. The quantitative estimate of drug-likeness (QED) is 0.629. The molecule has 1 aromatic heterocycles. The maximum Gasteiger partial charge on any atom is 0.573 e. The second kappa shape index (κ2) is 6.01. The van der Waals surface area contributed by atoms with Gasteiger partial charge in [0.1, 0.15) is 17.7 Å². The van der Waals surface area contributed by atoms with Gasteiger partial charge in [-0.25, -0.2) is 0 Å². The van der Waals surface area contributed by atoms with E-state index in [0.717, 1.165) is 29.4 Å². The number of hydrogen-bond donors (Lipinski definition) is 0. The number of aryl methyl sites for hydroxylation is 1. The van der Waals surface area contributed by atoms with Crippen LogP contribution in [0, 0.1) is 0 Å². The van der Waals surface area contributed by atoms with E-state index in [1.807, 2.05) is 12.1 Å². The zero-order valence-electron chi connectivity index (χ0n) is 13.3. The Morgan fingerprint density at radius 1 is 1.08 bits per heavy atom. The van der Waals surface area contributed by atoms with E-state index in [2.05, 4.69) is 9.89 Å². The van der Waals surface area contributed by atoms with Crippen molar-refractivity contribution >= 4 is 6.29 Å². The number of fused-ring (bicyclic) bond motifs is 3. The Hall–Kier alpha value is -3.09. The van der Waals surface area contributed by atoms with Crippen LogP contribution >= 0.6 is 0 Å². The molecule has 26 heavy (non-hydrogen) atoms. The lowest BCUT2D eigenvalue weighted by Crippen LogP contribution is -2.16. The number of rotatable bonds is 3. The van der Waals surface area contributed by atoms with Gasteiger partial charge >= 0.3 is 6.36 Å². The first-order valence-electron chi connectivity index (χ1n) is 7.88. The zero-order valence-corrected chi connectivity index (χ0v) is 13.3. The number of carbonyl (C=O) groups is 1. The van der Waals surface area contributed by atoms with Gasteiger partial charge < -0.3 is 9.26 Å². The molecule has 0 unspecified atom stereocenters. The maximum absolute atomic E-state index is 12.3. The number of ether oxygens (including phenoxy) is 1. The first kappa shape index (κ1) is 16.4. The van der Waals surface area contributed by atoms with Crippen molar-refractivity contribution in [2.45, 2.75) is 19.2 Å². The predicted molar refractivity (Wildman–Crippen MR) is 86.9 cm³/mol. The highest BCUT2D eigenvalue weighted by molar-refractivity contribution is 5.81. The summed E-state index contributed by atoms with van der Waals surface area (Å²) in [6.07, 6.45) is -2.52. The van der Waals surface area contributed by atoms with E-state index in [0.29, 0.717) is 29.0 Å². The predicted octanol–water partition coefficient (Wildman–Crippen LogP) is 4.82. The first-order chi connectivity index (χ1) is 12.4. The zero-order chi connectivity index (χ0) is 18.3. The minimum absolute atomic E-state index is 0.290. The van der Waals surface area contributed by atoms with Crippen molar-refractivity contribution in [2.75, 3.05) is 0 Å². The monoisotopic (exact) mass is 359 g/mol. The Balaban J connectivity index is 1.68. The highest BCUT2D eigenvalue weighted by atomic mass is 19.4. The van der Waals surface area contributed by atoms with Crippen LogP contribution in [0.25, 0.3) is 22.6 Å². The van der Waals surface area contributed by atoms with E-state index in [1.54, 1.807) is 6.07 Å². The van der Waals surface area contributed by atoms with Gasteiger partial charge in [-0.2, -0.15) is 0 Å². The Kier molecular flexibility index (Phi) is 3.79. The van der Waals surface area contributed by atoms with Gasteiger partial charge in [0.25, 0.3) is 0 Å². The van der Waals surface area contributed by atoms with Crippen LogP contribution in [0.1, 0.15) is 21.5 Å². The minimum Gasteiger partial charge on any atom is -0.406 e. The smallest absolute Gasteiger partial charge is 0.406 e. The third-order valence-corrected chi connectivity index (χ3v) is 4.30. The van der Waals surface area contributed by atoms with Gasteiger partial charge in [-0.05, 0) is 48.7 Å². The van der Waals surface area contributed by atoms with E-state index >= 15 is 0 Å². The highest BCUT2D eigenvalue weighted by Crippen LogP contribution is 2.39. The summed E-state index contributed by atoms with van der Waals surface area (Å²) in [5, 5.41) is 4.14. The lowest BCUT2D eigenvalue weighted by Gasteiger charge is -2.15. The largest absolute Gasteiger partial charge is 0.573 e. The van der Waals surface area contributed by atoms with Crippen LogP contribution in [0.3, 0.4) is 0 Å². The SMILES string of the molecule is O=Cc1ccc2c(c1)CCc1c-2noc1-c1ccc(OC(F)(F)F)cc1. The molecular formula is C19H12F3NO3. The molecule has 0 saturated heterocycles. The number of aldehydes is 1. The van der Waals surface area contributed by atoms with Crippen LogP contribution in [0.5, 0.6) is 5.75 Å². The van der Waals surface area contributed by atoms with Crippen LogP contribution in [-0.2, 0) is 12.8 Å². The lowest BCUT2D eigenvalue weighted by atomic mass is 9.87. The molecule has 132 valence electrons. The van der Waals surface area contributed by atoms with Crippen molar-refractivity contribution < 1.29 is 27.2 Å². The summed E-state index contributed by atoms with van der Waals surface area (Å²) in [5.74, 6) is 0.241. The molecule has 1 heterocycles. The molecule has 4 rings (SSSR count). The fraction of sp³-hybridized carbons (Fsp3) is 0.158. The van der Waals surface area contributed by atoms with Crippen LogP contribution in [-0.4, -0.2) is 17.8 Å². The number of carbonyl (C=O) groups excluding carboxylic acids is 1. The average molecular weight is 359 g/mol. The van der Waals surface area contributed by atoms with Crippen molar-refractivity contribution in [1.82, 2.24) is 5.16 Å². The first-order valence-corrected chi connectivity index (χ1v) is 7.88. The van der Waals surface area contributed by atoms with Gasteiger partial charge in [-0.3, -0.25) is 4.79 Å². The van der Waals surface area contributed by atoms with Gasteiger partial charge in [0, 0.05) is 22.3 Å². The van der Waals surface area contributed by atoms with Crippen molar-refractivity contribution in [3.63, 3.8) is 0 Å². The maximum atomic E-state index is 12.3. The number of benzene rings is 2. The topological polar surface area (TPSA) is 52.3 Å². The molecule has 1 aliphatic rings. The summed E-state index contributed by atoms with van der Waals surface area (Å²) < 4.78 is 46.1. The van der Waals surface area contributed by atoms with E-state index in [4.69, 9.17) is 4.52 Å². The fourth-order valence-electron chi connectivity index (χ4n) is 3.17. The van der Waals surface area contributed by atoms with Crippen molar-refractivity contribution in [2.24, 2.45) is 0 Å². The number of nitrogens with zero attached hydrogens (tertiary/aromatic N) is 1. The van der Waals surface area contributed by atoms with Crippen molar-refractivity contribution in [1.29, 1.82) is 0 Å². The second-order valence-corrected chi connectivity index (χ2v) is 5.95. The summed E-state index contributed by atoms with van der Waals surface area (Å²) in [5.41, 5.74) is 4.77. The number of hydrogen-bond acceptors (Lipinski definition) is 4. The van der Waals surface area contributed by atoms with Gasteiger partial charge in [0.05, 0.1) is 0 Å². The molecule has 0 aliphatic heterocycles. The van der Waals surface area contributed by atoms with Crippen molar-refractivity contribution in [3.8, 4) is 28.3 Å². The average Bonchev–Trinajstić information content (AvgIpc) is 3.05. The summed E-state index contributed by atoms with van der Waals surface area (Å²) in [6.45, 7) is 0.